The minimum atomic E-state index is -0.337. The Balaban J connectivity index is 1.01. The number of benzene rings is 1. The molecule has 2 aliphatic heterocycles. The first-order valence-corrected chi connectivity index (χ1v) is 10.9. The van der Waals surface area contributed by atoms with Crippen molar-refractivity contribution in [3.63, 3.8) is 0 Å². The lowest BCUT2D eigenvalue weighted by Crippen LogP contribution is -2.66. The summed E-state index contributed by atoms with van der Waals surface area (Å²) >= 11 is 0. The lowest BCUT2D eigenvalue weighted by atomic mass is 9.55. The van der Waals surface area contributed by atoms with Gasteiger partial charge in [0.2, 0.25) is 5.91 Å². The highest BCUT2D eigenvalue weighted by molar-refractivity contribution is 5.82. The second kappa shape index (κ2) is 5.74. The van der Waals surface area contributed by atoms with E-state index in [0.717, 1.165) is 31.8 Å². The van der Waals surface area contributed by atoms with Gasteiger partial charge in [-0.15, -0.1) is 0 Å². The van der Waals surface area contributed by atoms with Gasteiger partial charge < -0.3 is 15.0 Å². The van der Waals surface area contributed by atoms with Gasteiger partial charge in [-0.2, -0.15) is 0 Å². The number of nitrogens with zero attached hydrogens (tertiary/aromatic N) is 1. The number of ether oxygens (including phenoxy) is 1. The number of likely N-dealkylation sites (tertiary alicyclic amines) is 1. The van der Waals surface area contributed by atoms with Crippen LogP contribution in [0.4, 0.5) is 4.79 Å². The number of hydrogen-bond acceptors (Lipinski definition) is 3. The first kappa shape index (κ1) is 16.9. The highest BCUT2D eigenvalue weighted by Crippen LogP contribution is 2.57. The number of alkyl carbamates (subject to hydrolysis) is 1. The van der Waals surface area contributed by atoms with Crippen molar-refractivity contribution in [1.82, 2.24) is 10.2 Å². The average Bonchev–Trinajstić information content (AvgIpc) is 2.92. The molecule has 2 heterocycles. The molecule has 3 aliphatic carbocycles. The molecular weight excluding hydrogens is 352 g/mol. The zero-order chi connectivity index (χ0) is 18.9. The third-order valence-corrected chi connectivity index (χ3v) is 8.15. The molecule has 0 atom stereocenters. The Morgan fingerprint density at radius 1 is 1.07 bits per heavy atom. The average molecular weight is 380 g/mol. The van der Waals surface area contributed by atoms with Gasteiger partial charge in [0.25, 0.3) is 0 Å². The summed E-state index contributed by atoms with van der Waals surface area (Å²) in [5.41, 5.74) is 3.17. The van der Waals surface area contributed by atoms with Crippen LogP contribution in [0.3, 0.4) is 0 Å². The van der Waals surface area contributed by atoms with Crippen LogP contribution in [-0.4, -0.2) is 42.1 Å². The summed E-state index contributed by atoms with van der Waals surface area (Å²) < 4.78 is 5.01. The number of carbonyl (C=O) groups is 2. The predicted molar refractivity (Wildman–Crippen MR) is 104 cm³/mol. The molecule has 0 unspecified atom stereocenters. The number of nitrogens with one attached hydrogen (secondary N) is 1. The van der Waals surface area contributed by atoms with E-state index in [2.05, 4.69) is 34.5 Å². The summed E-state index contributed by atoms with van der Waals surface area (Å²) in [4.78, 5) is 26.1. The lowest BCUT2D eigenvalue weighted by Gasteiger charge is -2.60. The Kier molecular flexibility index (Phi) is 3.46. The maximum Gasteiger partial charge on any atom is 0.407 e. The van der Waals surface area contributed by atoms with Gasteiger partial charge in [-0.3, -0.25) is 4.79 Å². The summed E-state index contributed by atoms with van der Waals surface area (Å²) in [6, 6.07) is 9.29. The molecule has 5 aliphatic rings. The molecule has 1 aromatic rings. The van der Waals surface area contributed by atoms with E-state index in [0.29, 0.717) is 17.9 Å². The van der Waals surface area contributed by atoms with E-state index < -0.39 is 0 Å². The maximum absolute atomic E-state index is 12.7. The highest BCUT2D eigenvalue weighted by atomic mass is 16.6. The van der Waals surface area contributed by atoms with Gasteiger partial charge in [0.05, 0.1) is 5.54 Å². The number of amides is 2. The lowest BCUT2D eigenvalue weighted by molar-refractivity contribution is -0.161. The fourth-order valence-electron chi connectivity index (χ4n) is 6.24. The van der Waals surface area contributed by atoms with E-state index in [4.69, 9.17) is 4.74 Å². The summed E-state index contributed by atoms with van der Waals surface area (Å²) in [6.45, 7) is 2.27. The molecule has 5 heteroatoms. The Hall–Kier alpha value is -2.04. The maximum atomic E-state index is 12.7. The zero-order valence-electron chi connectivity index (χ0n) is 16.3. The fraction of sp³-hybridized carbons (Fsp3) is 0.652. The quantitative estimate of drug-likeness (QED) is 0.872. The SMILES string of the molecule is O=C1N[C@]2(CO1)C[C@H](C(=O)N1CC3(CC(c4cccc(C5CCC5)c4)C3)C1)C2. The van der Waals surface area contributed by atoms with Crippen molar-refractivity contribution in [2.75, 3.05) is 19.7 Å². The van der Waals surface area contributed by atoms with Gasteiger partial charge in [0.15, 0.2) is 0 Å². The molecule has 5 fully saturated rings. The Labute approximate surface area is 165 Å². The molecule has 1 aromatic carbocycles. The van der Waals surface area contributed by atoms with Crippen LogP contribution in [0.2, 0.25) is 0 Å². The first-order chi connectivity index (χ1) is 13.5. The first-order valence-electron chi connectivity index (χ1n) is 10.9. The van der Waals surface area contributed by atoms with E-state index in [1.54, 1.807) is 0 Å². The van der Waals surface area contributed by atoms with Crippen LogP contribution in [0.1, 0.15) is 67.9 Å². The van der Waals surface area contributed by atoms with Crippen LogP contribution in [0.25, 0.3) is 0 Å². The van der Waals surface area contributed by atoms with Gasteiger partial charge >= 0.3 is 6.09 Å². The molecule has 0 radical (unpaired) electrons. The Morgan fingerprint density at radius 3 is 2.39 bits per heavy atom. The molecule has 5 nitrogen and oxygen atoms in total. The highest BCUT2D eigenvalue weighted by Gasteiger charge is 2.58. The van der Waals surface area contributed by atoms with Crippen molar-refractivity contribution in [3.8, 4) is 0 Å². The second-order valence-corrected chi connectivity index (χ2v) is 10.2. The van der Waals surface area contributed by atoms with Gasteiger partial charge in [0, 0.05) is 24.4 Å². The van der Waals surface area contributed by atoms with Crippen LogP contribution in [0, 0.1) is 11.3 Å². The molecule has 0 bridgehead atoms. The van der Waals surface area contributed by atoms with Crippen molar-refractivity contribution < 1.29 is 14.3 Å². The van der Waals surface area contributed by atoms with E-state index in [1.807, 2.05) is 0 Å². The third-order valence-electron chi connectivity index (χ3n) is 8.15. The van der Waals surface area contributed by atoms with Gasteiger partial charge in [-0.1, -0.05) is 30.7 Å². The summed E-state index contributed by atoms with van der Waals surface area (Å²) in [6.07, 6.45) is 7.67. The molecule has 2 amide bonds. The smallest absolute Gasteiger partial charge is 0.407 e. The molecule has 0 aromatic heterocycles. The monoisotopic (exact) mass is 380 g/mol. The fourth-order valence-corrected chi connectivity index (χ4v) is 6.24. The summed E-state index contributed by atoms with van der Waals surface area (Å²) in [5, 5.41) is 2.88. The van der Waals surface area contributed by atoms with E-state index in [1.165, 1.54) is 43.2 Å². The molecule has 2 spiro atoms. The topological polar surface area (TPSA) is 58.6 Å². The number of carbonyl (C=O) groups excluding carboxylic acids is 2. The molecule has 28 heavy (non-hydrogen) atoms. The molecule has 2 saturated heterocycles. The van der Waals surface area contributed by atoms with Crippen LogP contribution in [-0.2, 0) is 9.53 Å². The molecular formula is C23H28N2O3. The number of rotatable bonds is 3. The van der Waals surface area contributed by atoms with Crippen LogP contribution >= 0.6 is 0 Å². The normalized spacial score (nSPS) is 28.1. The van der Waals surface area contributed by atoms with Gasteiger partial charge in [-0.25, -0.2) is 4.79 Å². The summed E-state index contributed by atoms with van der Waals surface area (Å²) in [5.74, 6) is 1.82. The minimum absolute atomic E-state index is 0.0642. The number of cyclic esters (lactones) is 1. The minimum Gasteiger partial charge on any atom is -0.447 e. The van der Waals surface area contributed by atoms with Crippen LogP contribution < -0.4 is 5.32 Å². The largest absolute Gasteiger partial charge is 0.447 e. The molecule has 3 saturated carbocycles. The zero-order valence-corrected chi connectivity index (χ0v) is 16.3. The Morgan fingerprint density at radius 2 is 1.79 bits per heavy atom. The van der Waals surface area contributed by atoms with E-state index in [-0.39, 0.29) is 23.5 Å². The van der Waals surface area contributed by atoms with Crippen molar-refractivity contribution in [2.45, 2.75) is 62.3 Å². The van der Waals surface area contributed by atoms with Crippen LogP contribution in [0.5, 0.6) is 0 Å². The predicted octanol–water partition coefficient (Wildman–Crippen LogP) is 3.55. The van der Waals surface area contributed by atoms with Crippen molar-refractivity contribution in [2.24, 2.45) is 11.3 Å². The molecule has 6 rings (SSSR count). The Bertz CT molecular complexity index is 826. The summed E-state index contributed by atoms with van der Waals surface area (Å²) in [7, 11) is 0. The molecule has 148 valence electrons. The van der Waals surface area contributed by atoms with E-state index >= 15 is 0 Å². The van der Waals surface area contributed by atoms with E-state index in [9.17, 15) is 9.59 Å². The standard InChI is InChI=1S/C23H28N2O3/c26-20(19-10-23(11-19)14-28-21(27)24-23)25-12-22(13-25)8-18(9-22)17-6-2-5-16(7-17)15-3-1-4-15/h2,5-7,15,18-19H,1,3-4,8-14H2,(H,24,27)/t19-,23+. The van der Waals surface area contributed by atoms with Crippen molar-refractivity contribution >= 4 is 12.0 Å². The second-order valence-electron chi connectivity index (χ2n) is 10.2. The van der Waals surface area contributed by atoms with Crippen LogP contribution in [0.15, 0.2) is 24.3 Å². The number of hydrogen-bond donors (Lipinski definition) is 1. The van der Waals surface area contributed by atoms with Gasteiger partial charge in [-0.05, 0) is 61.5 Å². The molecule has 1 N–H and O–H groups in total. The van der Waals surface area contributed by atoms with Gasteiger partial charge in [0.1, 0.15) is 6.61 Å². The third kappa shape index (κ3) is 2.51. The van der Waals surface area contributed by atoms with Crippen molar-refractivity contribution in [1.29, 1.82) is 0 Å². The van der Waals surface area contributed by atoms with Crippen molar-refractivity contribution in [3.05, 3.63) is 35.4 Å².